The van der Waals surface area contributed by atoms with Crippen LogP contribution in [-0.4, -0.2) is 36.3 Å². The van der Waals surface area contributed by atoms with Gasteiger partial charge in [0.15, 0.2) is 0 Å². The number of anilines is 1. The number of pyridine rings is 1. The number of rotatable bonds is 5. The molecule has 1 fully saturated rings. The maximum absolute atomic E-state index is 13.2. The molecular weight excluding hydrogens is 390 g/mol. The third-order valence-electron chi connectivity index (χ3n) is 5.70. The van der Waals surface area contributed by atoms with Crippen molar-refractivity contribution < 1.29 is 13.2 Å². The van der Waals surface area contributed by atoms with Gasteiger partial charge in [0, 0.05) is 49.4 Å². The lowest BCUT2D eigenvalue weighted by Gasteiger charge is -2.42. The van der Waals surface area contributed by atoms with E-state index in [1.54, 1.807) is 41.0 Å². The second kappa shape index (κ2) is 7.76. The van der Waals surface area contributed by atoms with Crippen molar-refractivity contribution in [2.24, 2.45) is 5.92 Å². The quantitative estimate of drug-likeness (QED) is 0.812. The lowest BCUT2D eigenvalue weighted by Crippen LogP contribution is -2.48. The zero-order valence-corrected chi connectivity index (χ0v) is 17.2. The molecule has 0 aliphatic carbocycles. The van der Waals surface area contributed by atoms with Gasteiger partial charge >= 0.3 is 0 Å². The van der Waals surface area contributed by atoms with Gasteiger partial charge in [-0.15, -0.1) is 0 Å². The molecule has 2 bridgehead atoms. The van der Waals surface area contributed by atoms with Crippen LogP contribution in [0.2, 0.25) is 0 Å². The van der Waals surface area contributed by atoms with E-state index in [-0.39, 0.29) is 28.2 Å². The number of fused-ring (bicyclic) bond motifs is 4. The Kier molecular flexibility index (Phi) is 5.31. The van der Waals surface area contributed by atoms with Crippen LogP contribution in [-0.2, 0) is 21.4 Å². The van der Waals surface area contributed by atoms with Crippen LogP contribution in [0, 0.1) is 5.92 Å². The van der Waals surface area contributed by atoms with Crippen LogP contribution < -0.4 is 10.9 Å². The van der Waals surface area contributed by atoms with Crippen molar-refractivity contribution in [1.29, 1.82) is 0 Å². The van der Waals surface area contributed by atoms with Gasteiger partial charge in [-0.1, -0.05) is 13.0 Å². The first-order valence-electron chi connectivity index (χ1n) is 9.98. The highest BCUT2D eigenvalue weighted by molar-refractivity contribution is 7.89. The van der Waals surface area contributed by atoms with Gasteiger partial charge in [-0.25, -0.2) is 8.42 Å². The summed E-state index contributed by atoms with van der Waals surface area (Å²) in [5, 5.41) is 2.77. The summed E-state index contributed by atoms with van der Waals surface area (Å²) in [6.07, 6.45) is 2.09. The second-order valence-electron chi connectivity index (χ2n) is 7.84. The Hall–Kier alpha value is -2.45. The number of nitrogens with zero attached hydrogens (tertiary/aromatic N) is 2. The molecule has 29 heavy (non-hydrogen) atoms. The van der Waals surface area contributed by atoms with Gasteiger partial charge in [0.2, 0.25) is 15.9 Å². The van der Waals surface area contributed by atoms with Crippen molar-refractivity contribution in [3.8, 4) is 0 Å². The van der Waals surface area contributed by atoms with Crippen LogP contribution in [0.15, 0.2) is 52.2 Å². The lowest BCUT2D eigenvalue weighted by atomic mass is 9.84. The van der Waals surface area contributed by atoms with Crippen molar-refractivity contribution >= 4 is 21.6 Å². The minimum absolute atomic E-state index is 0.0192. The van der Waals surface area contributed by atoms with Crippen molar-refractivity contribution in [3.05, 3.63) is 58.5 Å². The molecule has 3 heterocycles. The molecule has 1 amide bonds. The Bertz CT molecular complexity index is 1080. The zero-order valence-electron chi connectivity index (χ0n) is 16.4. The Labute approximate surface area is 170 Å². The normalized spacial score (nSPS) is 21.4. The van der Waals surface area contributed by atoms with E-state index < -0.39 is 10.0 Å². The van der Waals surface area contributed by atoms with Gasteiger partial charge in [0.25, 0.3) is 5.56 Å². The third-order valence-corrected chi connectivity index (χ3v) is 7.55. The summed E-state index contributed by atoms with van der Waals surface area (Å²) >= 11 is 0. The van der Waals surface area contributed by atoms with Crippen molar-refractivity contribution in [2.45, 2.75) is 43.5 Å². The molecular formula is C21H25N3O4S. The first kappa shape index (κ1) is 19.8. The summed E-state index contributed by atoms with van der Waals surface area (Å²) in [7, 11) is -3.64. The summed E-state index contributed by atoms with van der Waals surface area (Å²) < 4.78 is 29.7. The number of amides is 1. The largest absolute Gasteiger partial charge is 0.326 e. The molecule has 0 radical (unpaired) electrons. The number of hydrogen-bond acceptors (Lipinski definition) is 4. The number of benzene rings is 1. The van der Waals surface area contributed by atoms with Gasteiger partial charge in [0.05, 0.1) is 4.90 Å². The number of hydrogen-bond donors (Lipinski definition) is 1. The van der Waals surface area contributed by atoms with E-state index in [9.17, 15) is 18.0 Å². The molecule has 2 unspecified atom stereocenters. The highest BCUT2D eigenvalue weighted by atomic mass is 32.2. The van der Waals surface area contributed by atoms with Gasteiger partial charge in [-0.3, -0.25) is 9.59 Å². The molecule has 1 N–H and O–H groups in total. The number of piperidine rings is 1. The van der Waals surface area contributed by atoms with Crippen LogP contribution in [0.3, 0.4) is 0 Å². The molecule has 1 saturated heterocycles. The Balaban J connectivity index is 1.54. The molecule has 154 valence electrons. The second-order valence-corrected chi connectivity index (χ2v) is 9.78. The Morgan fingerprint density at radius 2 is 1.86 bits per heavy atom. The summed E-state index contributed by atoms with van der Waals surface area (Å²) in [6, 6.07) is 11.6. The monoisotopic (exact) mass is 415 g/mol. The first-order valence-corrected chi connectivity index (χ1v) is 11.4. The van der Waals surface area contributed by atoms with E-state index in [4.69, 9.17) is 0 Å². The van der Waals surface area contributed by atoms with Crippen LogP contribution in [0.1, 0.15) is 37.8 Å². The molecule has 1 aromatic carbocycles. The summed E-state index contributed by atoms with van der Waals surface area (Å²) in [6.45, 7) is 3.27. The fraction of sp³-hybridized carbons (Fsp3) is 0.429. The van der Waals surface area contributed by atoms with Crippen molar-refractivity contribution in [2.75, 3.05) is 18.4 Å². The molecule has 2 atom stereocenters. The van der Waals surface area contributed by atoms with Gasteiger partial charge in [-0.05, 0) is 49.1 Å². The minimum atomic E-state index is -3.64. The van der Waals surface area contributed by atoms with Gasteiger partial charge in [-0.2, -0.15) is 4.31 Å². The topological polar surface area (TPSA) is 88.5 Å². The number of nitrogens with one attached hydrogen (secondary N) is 1. The lowest BCUT2D eigenvalue weighted by molar-refractivity contribution is -0.116. The van der Waals surface area contributed by atoms with E-state index in [0.717, 1.165) is 18.5 Å². The van der Waals surface area contributed by atoms with E-state index in [2.05, 4.69) is 5.32 Å². The zero-order chi connectivity index (χ0) is 20.6. The fourth-order valence-corrected chi connectivity index (χ4v) is 5.92. The van der Waals surface area contributed by atoms with E-state index in [1.807, 2.05) is 13.0 Å². The van der Waals surface area contributed by atoms with Crippen molar-refractivity contribution in [3.63, 3.8) is 0 Å². The standard InChI is InChI=1S/C21H25N3O4S/c1-2-4-20(25)22-17-7-9-18(10-8-17)29(27,28)23-12-15-11-16(14-23)19-5-3-6-21(26)24(19)13-15/h3,5-10,15-16H,2,4,11-14H2,1H3,(H,22,25). The maximum Gasteiger partial charge on any atom is 0.250 e. The van der Waals surface area contributed by atoms with E-state index in [0.29, 0.717) is 31.7 Å². The molecule has 4 rings (SSSR count). The highest BCUT2D eigenvalue weighted by Crippen LogP contribution is 2.37. The van der Waals surface area contributed by atoms with Crippen molar-refractivity contribution in [1.82, 2.24) is 8.87 Å². The number of carbonyl (C=O) groups is 1. The van der Waals surface area contributed by atoms with Crippen LogP contribution in [0.4, 0.5) is 5.69 Å². The van der Waals surface area contributed by atoms with Crippen LogP contribution in [0.25, 0.3) is 0 Å². The Morgan fingerprint density at radius 3 is 2.59 bits per heavy atom. The number of sulfonamides is 1. The predicted molar refractivity (Wildman–Crippen MR) is 110 cm³/mol. The molecule has 2 aromatic rings. The Morgan fingerprint density at radius 1 is 1.10 bits per heavy atom. The average Bonchev–Trinajstić information content (AvgIpc) is 2.69. The van der Waals surface area contributed by atoms with E-state index >= 15 is 0 Å². The molecule has 2 aliphatic heterocycles. The molecule has 8 heteroatoms. The minimum Gasteiger partial charge on any atom is -0.326 e. The fourth-order valence-electron chi connectivity index (χ4n) is 4.36. The SMILES string of the molecule is CCCC(=O)Nc1ccc(S(=O)(=O)N2CC3CC(C2)c2cccc(=O)n2C3)cc1. The summed E-state index contributed by atoms with van der Waals surface area (Å²) in [4.78, 5) is 24.1. The molecule has 1 aromatic heterocycles. The van der Waals surface area contributed by atoms with E-state index in [1.165, 1.54) is 4.31 Å². The molecule has 0 saturated carbocycles. The smallest absolute Gasteiger partial charge is 0.250 e. The molecule has 0 spiro atoms. The third kappa shape index (κ3) is 3.86. The highest BCUT2D eigenvalue weighted by Gasteiger charge is 2.39. The maximum atomic E-state index is 13.2. The van der Waals surface area contributed by atoms with Crippen LogP contribution in [0.5, 0.6) is 0 Å². The summed E-state index contributed by atoms with van der Waals surface area (Å²) in [5.41, 5.74) is 1.49. The molecule has 7 nitrogen and oxygen atoms in total. The molecule has 2 aliphatic rings. The van der Waals surface area contributed by atoms with Gasteiger partial charge in [0.1, 0.15) is 0 Å². The average molecular weight is 416 g/mol. The first-order chi connectivity index (χ1) is 13.9. The van der Waals surface area contributed by atoms with Crippen LogP contribution >= 0.6 is 0 Å². The number of aromatic nitrogens is 1. The van der Waals surface area contributed by atoms with Gasteiger partial charge < -0.3 is 9.88 Å². The number of carbonyl (C=O) groups excluding carboxylic acids is 1. The predicted octanol–water partition coefficient (Wildman–Crippen LogP) is 2.39. The summed E-state index contributed by atoms with van der Waals surface area (Å²) in [5.74, 6) is 0.0726.